The zero-order valence-corrected chi connectivity index (χ0v) is 30.4. The smallest absolute Gasteiger partial charge is 0.338 e. The topological polar surface area (TPSA) is 184 Å². The molecule has 0 spiro atoms. The maximum absolute atomic E-state index is 11.7. The van der Waals surface area contributed by atoms with E-state index in [4.69, 9.17) is 33.2 Å². The molecule has 0 N–H and O–H groups in total. The summed E-state index contributed by atoms with van der Waals surface area (Å²) in [7, 11) is 4.49. The molecule has 3 rings (SSSR count). The maximum Gasteiger partial charge on any atom is 0.338 e. The maximum atomic E-state index is 11.7. The molecule has 1 aliphatic carbocycles. The molecule has 2 aromatic carbocycles. The standard InChI is InChI=1S/C14H18O7.C14H18O5.C10H10O2/c1-18-3-5-20-13(16)10-7-11(9-12(15)8-10)14(17)21-6-4-19-2;1-3-8-18-13(15)11-4-6-12(7-5-11)14(16)19-10-9-17-2;1-7(11)9-3-5-10(6-4-9)8(2)12/h7-8H,3-6,9H2,1-2H3;4-7H,3,8-10H2,1-2H3;3-6H,1-2H3. The van der Waals surface area contributed by atoms with E-state index in [1.807, 2.05) is 6.92 Å². The molecule has 52 heavy (non-hydrogen) atoms. The number of ketones is 3. The van der Waals surface area contributed by atoms with Gasteiger partial charge in [-0.3, -0.25) is 14.4 Å². The summed E-state index contributed by atoms with van der Waals surface area (Å²) in [4.78, 5) is 79.9. The fraction of sp³-hybridized carbons (Fsp3) is 0.395. The molecule has 2 aromatic rings. The minimum atomic E-state index is -0.678. The van der Waals surface area contributed by atoms with Crippen molar-refractivity contribution < 1.29 is 66.7 Å². The van der Waals surface area contributed by atoms with E-state index in [0.29, 0.717) is 35.5 Å². The molecular formula is C38H46O14. The summed E-state index contributed by atoms with van der Waals surface area (Å²) in [5.74, 6) is -2.46. The number of hydrogen-bond acceptors (Lipinski definition) is 14. The van der Waals surface area contributed by atoms with Gasteiger partial charge < -0.3 is 33.2 Å². The Kier molecular flexibility index (Phi) is 22.0. The molecule has 0 atom stereocenters. The second kappa shape index (κ2) is 25.6. The first-order valence-corrected chi connectivity index (χ1v) is 16.2. The van der Waals surface area contributed by atoms with Crippen LogP contribution in [0.5, 0.6) is 0 Å². The minimum Gasteiger partial charge on any atom is -0.462 e. The number of carbonyl (C=O) groups excluding carboxylic acids is 7. The lowest BCUT2D eigenvalue weighted by atomic mass is 9.98. The van der Waals surface area contributed by atoms with Gasteiger partial charge in [0.25, 0.3) is 0 Å². The summed E-state index contributed by atoms with van der Waals surface area (Å²) in [6, 6.07) is 12.8. The molecule has 0 unspecified atom stereocenters. The van der Waals surface area contributed by atoms with Crippen molar-refractivity contribution >= 4 is 41.2 Å². The molecule has 0 aromatic heterocycles. The summed E-state index contributed by atoms with van der Waals surface area (Å²) >= 11 is 0. The van der Waals surface area contributed by atoms with Gasteiger partial charge in [-0.05, 0) is 56.7 Å². The van der Waals surface area contributed by atoms with Gasteiger partial charge in [0, 0.05) is 44.5 Å². The Labute approximate surface area is 303 Å². The van der Waals surface area contributed by atoms with E-state index in [1.54, 1.807) is 36.4 Å². The summed E-state index contributed by atoms with van der Waals surface area (Å²) in [6.45, 7) is 6.54. The second-order valence-corrected chi connectivity index (χ2v) is 10.7. The van der Waals surface area contributed by atoms with E-state index in [-0.39, 0.29) is 73.9 Å². The van der Waals surface area contributed by atoms with Gasteiger partial charge in [-0.2, -0.15) is 0 Å². The van der Waals surface area contributed by atoms with Crippen molar-refractivity contribution in [1.29, 1.82) is 0 Å². The number of Topliss-reactive ketones (excluding diaryl/α,β-unsaturated/α-hetero) is 2. The van der Waals surface area contributed by atoms with Gasteiger partial charge in [0.2, 0.25) is 0 Å². The van der Waals surface area contributed by atoms with Gasteiger partial charge in [-0.15, -0.1) is 0 Å². The molecule has 0 aliphatic heterocycles. The molecule has 0 bridgehead atoms. The Morgan fingerprint density at radius 2 is 0.865 bits per heavy atom. The van der Waals surface area contributed by atoms with Crippen molar-refractivity contribution in [2.45, 2.75) is 33.6 Å². The molecule has 0 fully saturated rings. The molecule has 0 saturated heterocycles. The number of esters is 4. The summed E-state index contributed by atoms with van der Waals surface area (Å²) in [6.07, 6.45) is 3.14. The highest BCUT2D eigenvalue weighted by molar-refractivity contribution is 6.09. The van der Waals surface area contributed by atoms with Crippen LogP contribution >= 0.6 is 0 Å². The highest BCUT2D eigenvalue weighted by Gasteiger charge is 2.23. The first kappa shape index (κ1) is 44.7. The third kappa shape index (κ3) is 17.6. The Morgan fingerprint density at radius 3 is 1.25 bits per heavy atom. The number of carbonyl (C=O) groups is 7. The Morgan fingerprint density at radius 1 is 0.500 bits per heavy atom. The molecule has 0 radical (unpaired) electrons. The van der Waals surface area contributed by atoms with Crippen LogP contribution < -0.4 is 0 Å². The Hall–Kier alpha value is -5.31. The van der Waals surface area contributed by atoms with Crippen LogP contribution in [-0.2, 0) is 47.5 Å². The van der Waals surface area contributed by atoms with Crippen LogP contribution in [0, 0.1) is 0 Å². The third-order valence-electron chi connectivity index (χ3n) is 6.56. The van der Waals surface area contributed by atoms with Gasteiger partial charge in [0.05, 0.1) is 43.1 Å². The van der Waals surface area contributed by atoms with Crippen molar-refractivity contribution in [3.63, 3.8) is 0 Å². The molecule has 0 heterocycles. The third-order valence-corrected chi connectivity index (χ3v) is 6.56. The first-order chi connectivity index (χ1) is 24.9. The molecular weight excluding hydrogens is 680 g/mol. The predicted octanol–water partition coefficient (Wildman–Crippen LogP) is 4.34. The second-order valence-electron chi connectivity index (χ2n) is 10.7. The largest absolute Gasteiger partial charge is 0.462 e. The summed E-state index contributed by atoms with van der Waals surface area (Å²) in [5, 5.41) is 0. The van der Waals surface area contributed by atoms with E-state index in [1.165, 1.54) is 53.4 Å². The highest BCUT2D eigenvalue weighted by Crippen LogP contribution is 2.17. The molecule has 0 saturated carbocycles. The first-order valence-electron chi connectivity index (χ1n) is 16.2. The van der Waals surface area contributed by atoms with Crippen LogP contribution in [0.15, 0.2) is 71.8 Å². The van der Waals surface area contributed by atoms with E-state index in [9.17, 15) is 33.6 Å². The van der Waals surface area contributed by atoms with E-state index < -0.39 is 17.9 Å². The number of hydrogen-bond donors (Lipinski definition) is 0. The van der Waals surface area contributed by atoms with E-state index >= 15 is 0 Å². The van der Waals surface area contributed by atoms with Crippen LogP contribution in [0.3, 0.4) is 0 Å². The highest BCUT2D eigenvalue weighted by atomic mass is 16.6. The van der Waals surface area contributed by atoms with Crippen molar-refractivity contribution in [2.75, 3.05) is 67.6 Å². The van der Waals surface area contributed by atoms with Gasteiger partial charge in [-0.1, -0.05) is 31.2 Å². The van der Waals surface area contributed by atoms with Crippen LogP contribution in [0.25, 0.3) is 0 Å². The van der Waals surface area contributed by atoms with Crippen molar-refractivity contribution in [1.82, 2.24) is 0 Å². The van der Waals surface area contributed by atoms with Gasteiger partial charge in [-0.25, -0.2) is 19.2 Å². The summed E-state index contributed by atoms with van der Waals surface area (Å²) < 4.78 is 34.0. The van der Waals surface area contributed by atoms with Crippen LogP contribution in [-0.4, -0.2) is 109 Å². The molecule has 14 nitrogen and oxygen atoms in total. The quantitative estimate of drug-likeness (QED) is 0.0971. The fourth-order valence-corrected chi connectivity index (χ4v) is 3.81. The monoisotopic (exact) mass is 726 g/mol. The van der Waals surface area contributed by atoms with Gasteiger partial charge >= 0.3 is 23.9 Å². The minimum absolute atomic E-state index is 0.0186. The SMILES string of the molecule is CC(=O)c1ccc(C(C)=O)cc1.CCCOC(=O)c1ccc(C(=O)OCCOC)cc1.COCCOC(=O)C1=CC(=O)CC(C(=O)OCCOC)=C1. The molecule has 14 heteroatoms. The van der Waals surface area contributed by atoms with Crippen LogP contribution in [0.1, 0.15) is 75.0 Å². The van der Waals surface area contributed by atoms with Gasteiger partial charge in [0.15, 0.2) is 17.3 Å². The van der Waals surface area contributed by atoms with Crippen molar-refractivity contribution in [3.8, 4) is 0 Å². The predicted molar refractivity (Wildman–Crippen MR) is 187 cm³/mol. The lowest BCUT2D eigenvalue weighted by Crippen LogP contribution is -2.19. The van der Waals surface area contributed by atoms with E-state index in [0.717, 1.165) is 12.5 Å². The normalized spacial score (nSPS) is 11.6. The zero-order valence-electron chi connectivity index (χ0n) is 30.4. The van der Waals surface area contributed by atoms with E-state index in [2.05, 4.69) is 0 Å². The Balaban J connectivity index is 0.000000404. The lowest BCUT2D eigenvalue weighted by Gasteiger charge is -2.12. The summed E-state index contributed by atoms with van der Waals surface area (Å²) in [5.41, 5.74) is 2.24. The zero-order chi connectivity index (χ0) is 38.9. The van der Waals surface area contributed by atoms with Crippen molar-refractivity contribution in [2.24, 2.45) is 0 Å². The van der Waals surface area contributed by atoms with Crippen LogP contribution in [0.4, 0.5) is 0 Å². The van der Waals surface area contributed by atoms with Crippen molar-refractivity contribution in [3.05, 3.63) is 94.1 Å². The number of ether oxygens (including phenoxy) is 7. The van der Waals surface area contributed by atoms with Crippen LogP contribution in [0.2, 0.25) is 0 Å². The number of allylic oxidation sites excluding steroid dienone is 1. The molecule has 0 amide bonds. The average molecular weight is 727 g/mol. The number of rotatable bonds is 17. The molecule has 1 aliphatic rings. The van der Waals surface area contributed by atoms with Gasteiger partial charge in [0.1, 0.15) is 19.8 Å². The Bertz CT molecular complexity index is 1520. The lowest BCUT2D eigenvalue weighted by molar-refractivity contribution is -0.141. The average Bonchev–Trinajstić information content (AvgIpc) is 3.14. The fourth-order valence-electron chi connectivity index (χ4n) is 3.81. The number of benzene rings is 2. The molecule has 282 valence electrons. The number of methoxy groups -OCH3 is 3.